The summed E-state index contributed by atoms with van der Waals surface area (Å²) >= 11 is 6.05. The van der Waals surface area contributed by atoms with Crippen molar-refractivity contribution in [3.63, 3.8) is 0 Å². The van der Waals surface area contributed by atoms with E-state index >= 15 is 0 Å². The first kappa shape index (κ1) is 13.2. The number of urea groups is 1. The summed E-state index contributed by atoms with van der Waals surface area (Å²) in [5.74, 6) is 0. The fourth-order valence-corrected chi connectivity index (χ4v) is 2.15. The summed E-state index contributed by atoms with van der Waals surface area (Å²) in [7, 11) is 0. The van der Waals surface area contributed by atoms with E-state index in [1.165, 1.54) is 0 Å². The van der Waals surface area contributed by atoms with Gasteiger partial charge in [-0.3, -0.25) is 0 Å². The number of carbonyl (C=O) groups is 1. The molecule has 1 fully saturated rings. The lowest BCUT2D eigenvalue weighted by molar-refractivity contribution is 0.189. The maximum absolute atomic E-state index is 11.9. The van der Waals surface area contributed by atoms with Gasteiger partial charge in [-0.2, -0.15) is 0 Å². The minimum Gasteiger partial charge on any atom is -0.379 e. The van der Waals surface area contributed by atoms with Gasteiger partial charge in [0.15, 0.2) is 0 Å². The number of nitrogens with one attached hydrogen (secondary N) is 2. The lowest BCUT2D eigenvalue weighted by Gasteiger charge is -2.15. The third kappa shape index (κ3) is 2.94. The van der Waals surface area contributed by atoms with Crippen molar-refractivity contribution in [1.29, 1.82) is 0 Å². The number of rotatable bonds is 2. The van der Waals surface area contributed by atoms with Gasteiger partial charge in [0.1, 0.15) is 0 Å². The molecule has 5 heteroatoms. The van der Waals surface area contributed by atoms with E-state index in [9.17, 15) is 4.79 Å². The molecule has 2 amide bonds. The number of amides is 2. The molecular formula is C13H17ClN2O2. The van der Waals surface area contributed by atoms with Gasteiger partial charge < -0.3 is 15.4 Å². The normalized spacial score (nSPS) is 18.7. The fourth-order valence-electron chi connectivity index (χ4n) is 2.00. The predicted molar refractivity (Wildman–Crippen MR) is 72.3 cm³/mol. The van der Waals surface area contributed by atoms with E-state index in [0.29, 0.717) is 18.2 Å². The highest BCUT2D eigenvalue weighted by Crippen LogP contribution is 2.26. The molecule has 1 aliphatic heterocycles. The summed E-state index contributed by atoms with van der Waals surface area (Å²) in [5, 5.41) is 6.39. The third-order valence-corrected chi connectivity index (χ3v) is 3.52. The highest BCUT2D eigenvalue weighted by molar-refractivity contribution is 6.31. The first-order chi connectivity index (χ1) is 8.58. The first-order valence-electron chi connectivity index (χ1n) is 5.99. The molecule has 0 bridgehead atoms. The average Bonchev–Trinajstić information content (AvgIpc) is 2.82. The van der Waals surface area contributed by atoms with Crippen molar-refractivity contribution in [3.05, 3.63) is 28.3 Å². The standard InChI is InChI=1S/C13H17ClN2O2/c1-8-3-4-11(14)9(2)12(8)16-13(17)15-10-5-6-18-7-10/h3-4,10H,5-7H2,1-2H3,(H2,15,16,17)/t10-/m0/s1. The highest BCUT2D eigenvalue weighted by atomic mass is 35.5. The number of hydrogen-bond donors (Lipinski definition) is 2. The van der Waals surface area contributed by atoms with Crippen molar-refractivity contribution in [2.75, 3.05) is 18.5 Å². The minimum absolute atomic E-state index is 0.102. The zero-order chi connectivity index (χ0) is 13.1. The van der Waals surface area contributed by atoms with E-state index < -0.39 is 0 Å². The van der Waals surface area contributed by atoms with Gasteiger partial charge >= 0.3 is 6.03 Å². The van der Waals surface area contributed by atoms with Crippen molar-refractivity contribution in [2.45, 2.75) is 26.3 Å². The van der Waals surface area contributed by atoms with Crippen LogP contribution in [0.25, 0.3) is 0 Å². The molecule has 1 saturated heterocycles. The smallest absolute Gasteiger partial charge is 0.319 e. The van der Waals surface area contributed by atoms with Gasteiger partial charge in [-0.05, 0) is 37.5 Å². The maximum Gasteiger partial charge on any atom is 0.319 e. The molecule has 1 aromatic carbocycles. The van der Waals surface area contributed by atoms with Crippen LogP contribution in [0.5, 0.6) is 0 Å². The first-order valence-corrected chi connectivity index (χ1v) is 6.36. The van der Waals surface area contributed by atoms with Crippen LogP contribution >= 0.6 is 11.6 Å². The molecule has 1 heterocycles. The molecule has 0 unspecified atom stereocenters. The molecule has 0 saturated carbocycles. The SMILES string of the molecule is Cc1ccc(Cl)c(C)c1NC(=O)N[C@H]1CCOC1. The van der Waals surface area contributed by atoms with Crippen LogP contribution in [0.15, 0.2) is 12.1 Å². The van der Waals surface area contributed by atoms with Crippen LogP contribution in [-0.2, 0) is 4.74 Å². The quantitative estimate of drug-likeness (QED) is 0.867. The Labute approximate surface area is 112 Å². The van der Waals surface area contributed by atoms with E-state index in [1.807, 2.05) is 26.0 Å². The predicted octanol–water partition coefficient (Wildman–Crippen LogP) is 2.87. The van der Waals surface area contributed by atoms with Gasteiger partial charge in [-0.1, -0.05) is 17.7 Å². The van der Waals surface area contributed by atoms with E-state index in [2.05, 4.69) is 10.6 Å². The number of benzene rings is 1. The Balaban J connectivity index is 2.04. The molecule has 0 aliphatic carbocycles. The van der Waals surface area contributed by atoms with Crippen molar-refractivity contribution >= 4 is 23.3 Å². The molecule has 18 heavy (non-hydrogen) atoms. The summed E-state index contributed by atoms with van der Waals surface area (Å²) in [6, 6.07) is 3.62. The van der Waals surface area contributed by atoms with Gasteiger partial charge in [-0.15, -0.1) is 0 Å². The van der Waals surface area contributed by atoms with E-state index in [4.69, 9.17) is 16.3 Å². The average molecular weight is 269 g/mol. The summed E-state index contributed by atoms with van der Waals surface area (Å²) in [6.45, 7) is 5.13. The van der Waals surface area contributed by atoms with E-state index in [1.54, 1.807) is 0 Å². The molecular weight excluding hydrogens is 252 g/mol. The van der Waals surface area contributed by atoms with Gasteiger partial charge in [0, 0.05) is 17.3 Å². The summed E-state index contributed by atoms with van der Waals surface area (Å²) in [4.78, 5) is 11.9. The monoisotopic (exact) mass is 268 g/mol. The van der Waals surface area contributed by atoms with Crippen LogP contribution in [0.4, 0.5) is 10.5 Å². The number of anilines is 1. The molecule has 0 radical (unpaired) electrons. The summed E-state index contributed by atoms with van der Waals surface area (Å²) in [5.41, 5.74) is 2.66. The van der Waals surface area contributed by atoms with Crippen molar-refractivity contribution < 1.29 is 9.53 Å². The van der Waals surface area contributed by atoms with E-state index in [-0.39, 0.29) is 12.1 Å². The minimum atomic E-state index is -0.209. The molecule has 1 aromatic rings. The van der Waals surface area contributed by atoms with Gasteiger partial charge in [0.25, 0.3) is 0 Å². The second-order valence-corrected chi connectivity index (χ2v) is 4.93. The topological polar surface area (TPSA) is 50.4 Å². The summed E-state index contributed by atoms with van der Waals surface area (Å²) < 4.78 is 5.21. The van der Waals surface area contributed by atoms with Crippen LogP contribution in [0.3, 0.4) is 0 Å². The number of carbonyl (C=O) groups excluding carboxylic acids is 1. The van der Waals surface area contributed by atoms with Crippen molar-refractivity contribution in [3.8, 4) is 0 Å². The molecule has 0 aromatic heterocycles. The van der Waals surface area contributed by atoms with Crippen LogP contribution in [-0.4, -0.2) is 25.3 Å². The molecule has 98 valence electrons. The Morgan fingerprint density at radius 3 is 2.89 bits per heavy atom. The Morgan fingerprint density at radius 1 is 1.44 bits per heavy atom. The number of ether oxygens (including phenoxy) is 1. The van der Waals surface area contributed by atoms with Crippen LogP contribution in [0.1, 0.15) is 17.5 Å². The zero-order valence-corrected chi connectivity index (χ0v) is 11.3. The lowest BCUT2D eigenvalue weighted by Crippen LogP contribution is -2.38. The molecule has 2 rings (SSSR count). The number of hydrogen-bond acceptors (Lipinski definition) is 2. The fraction of sp³-hybridized carbons (Fsp3) is 0.462. The second-order valence-electron chi connectivity index (χ2n) is 4.52. The van der Waals surface area contributed by atoms with Crippen molar-refractivity contribution in [2.24, 2.45) is 0 Å². The number of aryl methyl sites for hydroxylation is 1. The Kier molecular flexibility index (Phi) is 4.09. The maximum atomic E-state index is 11.9. The van der Waals surface area contributed by atoms with Crippen LogP contribution in [0.2, 0.25) is 5.02 Å². The van der Waals surface area contributed by atoms with Crippen molar-refractivity contribution in [1.82, 2.24) is 5.32 Å². The largest absolute Gasteiger partial charge is 0.379 e. The highest BCUT2D eigenvalue weighted by Gasteiger charge is 2.18. The Morgan fingerprint density at radius 2 is 2.22 bits per heavy atom. The lowest BCUT2D eigenvalue weighted by atomic mass is 10.1. The van der Waals surface area contributed by atoms with Gasteiger partial charge in [0.2, 0.25) is 0 Å². The third-order valence-electron chi connectivity index (χ3n) is 3.11. The van der Waals surface area contributed by atoms with Gasteiger partial charge in [0.05, 0.1) is 12.6 Å². The number of halogens is 1. The molecule has 1 aliphatic rings. The Bertz CT molecular complexity index is 457. The molecule has 4 nitrogen and oxygen atoms in total. The molecule has 0 spiro atoms. The summed E-state index contributed by atoms with van der Waals surface area (Å²) in [6.07, 6.45) is 0.862. The Hall–Kier alpha value is -1.26. The molecule has 2 N–H and O–H groups in total. The van der Waals surface area contributed by atoms with Crippen LogP contribution in [0, 0.1) is 13.8 Å². The van der Waals surface area contributed by atoms with E-state index in [0.717, 1.165) is 23.2 Å². The second kappa shape index (κ2) is 5.59. The van der Waals surface area contributed by atoms with Crippen LogP contribution < -0.4 is 10.6 Å². The molecule has 1 atom stereocenters. The van der Waals surface area contributed by atoms with Gasteiger partial charge in [-0.25, -0.2) is 4.79 Å². The zero-order valence-electron chi connectivity index (χ0n) is 10.5.